The Balaban J connectivity index is 1.46. The number of aromatic nitrogens is 1. The van der Waals surface area contributed by atoms with Crippen molar-refractivity contribution in [2.75, 3.05) is 18.4 Å². The summed E-state index contributed by atoms with van der Waals surface area (Å²) >= 11 is 0. The normalized spacial score (nSPS) is 19.6. The molecule has 2 N–H and O–H groups in total. The Morgan fingerprint density at radius 1 is 1.33 bits per heavy atom. The maximum atomic E-state index is 13.6. The molecule has 1 aliphatic heterocycles. The molecule has 2 aliphatic rings. The molecular formula is C20H25FN4O2. The molecule has 4 rings (SSSR count). The van der Waals surface area contributed by atoms with Gasteiger partial charge in [-0.2, -0.15) is 0 Å². The van der Waals surface area contributed by atoms with Gasteiger partial charge in [-0.25, -0.2) is 4.39 Å². The number of halogens is 1. The number of rotatable bonds is 6. The third-order valence-electron chi connectivity index (χ3n) is 5.33. The van der Waals surface area contributed by atoms with Crippen LogP contribution in [-0.2, 0) is 11.3 Å². The van der Waals surface area contributed by atoms with E-state index in [-0.39, 0.29) is 11.7 Å². The molecule has 0 bridgehead atoms. The van der Waals surface area contributed by atoms with Crippen LogP contribution in [0.3, 0.4) is 0 Å². The second kappa shape index (κ2) is 7.31. The molecule has 7 heteroatoms. The minimum Gasteiger partial charge on any atom is -0.371 e. The molecule has 0 radical (unpaired) electrons. The molecule has 0 unspecified atom stereocenters. The Kier molecular flexibility index (Phi) is 4.86. The minimum atomic E-state index is -0.716. The Morgan fingerprint density at radius 2 is 2.11 bits per heavy atom. The van der Waals surface area contributed by atoms with Crippen molar-refractivity contribution >= 4 is 11.6 Å². The molecule has 2 aromatic rings. The van der Waals surface area contributed by atoms with Gasteiger partial charge in [0.2, 0.25) is 5.91 Å². The van der Waals surface area contributed by atoms with Crippen molar-refractivity contribution in [3.05, 3.63) is 47.6 Å². The van der Waals surface area contributed by atoms with Gasteiger partial charge in [0.25, 0.3) is 0 Å². The number of hydrogen-bond donors (Lipinski definition) is 2. The monoisotopic (exact) mass is 372 g/mol. The van der Waals surface area contributed by atoms with Gasteiger partial charge in [-0.3, -0.25) is 9.69 Å². The molecular weight excluding hydrogens is 347 g/mol. The summed E-state index contributed by atoms with van der Waals surface area (Å²) in [5.41, 5.74) is 0.828. The molecule has 1 amide bonds. The van der Waals surface area contributed by atoms with E-state index in [4.69, 9.17) is 4.52 Å². The van der Waals surface area contributed by atoms with E-state index in [1.54, 1.807) is 12.1 Å². The Bertz CT molecular complexity index is 810. The van der Waals surface area contributed by atoms with Crippen LogP contribution in [-0.4, -0.2) is 40.6 Å². The molecule has 1 saturated heterocycles. The zero-order valence-electron chi connectivity index (χ0n) is 15.5. The van der Waals surface area contributed by atoms with Gasteiger partial charge in [0, 0.05) is 37.4 Å². The lowest BCUT2D eigenvalue weighted by atomic mass is 9.85. The first kappa shape index (κ1) is 18.0. The quantitative estimate of drug-likeness (QED) is 0.816. The van der Waals surface area contributed by atoms with Crippen molar-refractivity contribution in [1.29, 1.82) is 0 Å². The van der Waals surface area contributed by atoms with Gasteiger partial charge in [-0.15, -0.1) is 0 Å². The molecule has 2 heterocycles. The maximum Gasteiger partial charge on any atom is 0.245 e. The van der Waals surface area contributed by atoms with Crippen molar-refractivity contribution in [3.63, 3.8) is 0 Å². The van der Waals surface area contributed by atoms with Crippen LogP contribution in [0.2, 0.25) is 0 Å². The second-order valence-electron chi connectivity index (χ2n) is 7.67. The largest absolute Gasteiger partial charge is 0.371 e. The van der Waals surface area contributed by atoms with E-state index in [1.807, 2.05) is 13.0 Å². The number of benzene rings is 1. The highest BCUT2D eigenvalue weighted by Crippen LogP contribution is 2.30. The molecule has 2 fully saturated rings. The minimum absolute atomic E-state index is 0.0196. The molecule has 1 saturated carbocycles. The lowest BCUT2D eigenvalue weighted by molar-refractivity contribution is -0.127. The molecule has 6 nitrogen and oxygen atoms in total. The van der Waals surface area contributed by atoms with Crippen LogP contribution >= 0.6 is 0 Å². The summed E-state index contributed by atoms with van der Waals surface area (Å²) < 4.78 is 18.7. The van der Waals surface area contributed by atoms with Gasteiger partial charge >= 0.3 is 0 Å². The average molecular weight is 372 g/mol. The first-order chi connectivity index (χ1) is 13.0. The van der Waals surface area contributed by atoms with Gasteiger partial charge in [0.05, 0.1) is 5.69 Å². The van der Waals surface area contributed by atoms with Crippen LogP contribution in [0.15, 0.2) is 34.9 Å². The number of nitrogens with one attached hydrogen (secondary N) is 2. The Labute approximate surface area is 158 Å². The van der Waals surface area contributed by atoms with E-state index in [0.29, 0.717) is 31.1 Å². The van der Waals surface area contributed by atoms with Crippen molar-refractivity contribution in [1.82, 2.24) is 15.4 Å². The summed E-state index contributed by atoms with van der Waals surface area (Å²) in [6, 6.07) is 8.54. The van der Waals surface area contributed by atoms with Crippen LogP contribution in [0.1, 0.15) is 37.1 Å². The lowest BCUT2D eigenvalue weighted by Crippen LogP contribution is -2.58. The number of aryl methyl sites for hydroxylation is 1. The molecule has 0 atom stereocenters. The molecule has 27 heavy (non-hydrogen) atoms. The van der Waals surface area contributed by atoms with Gasteiger partial charge in [-0.05, 0) is 50.8 Å². The van der Waals surface area contributed by atoms with E-state index in [2.05, 4.69) is 20.7 Å². The van der Waals surface area contributed by atoms with Gasteiger partial charge in [0.15, 0.2) is 0 Å². The second-order valence-corrected chi connectivity index (χ2v) is 7.67. The maximum absolute atomic E-state index is 13.6. The van der Waals surface area contributed by atoms with Crippen LogP contribution in [0, 0.1) is 12.7 Å². The van der Waals surface area contributed by atoms with E-state index >= 15 is 0 Å². The summed E-state index contributed by atoms with van der Waals surface area (Å²) in [5.74, 6) is 0.510. The molecule has 1 aromatic carbocycles. The third-order valence-corrected chi connectivity index (χ3v) is 5.33. The standard InChI is InChI=1S/C20H25FN4O2/c1-14-11-18(24-27-14)13-25-9-7-20(8-10-25,19(26)22-16-5-6-16)23-17-4-2-3-15(21)12-17/h2-4,11-12,16,23H,5-10,13H2,1H3,(H,22,26). The summed E-state index contributed by atoms with van der Waals surface area (Å²) in [6.07, 6.45) is 3.39. The summed E-state index contributed by atoms with van der Waals surface area (Å²) in [7, 11) is 0. The predicted octanol–water partition coefficient (Wildman–Crippen LogP) is 2.85. The predicted molar refractivity (Wildman–Crippen MR) is 99.7 cm³/mol. The van der Waals surface area contributed by atoms with E-state index < -0.39 is 5.54 Å². The van der Waals surface area contributed by atoms with Gasteiger partial charge in [0.1, 0.15) is 17.1 Å². The summed E-state index contributed by atoms with van der Waals surface area (Å²) in [6.45, 7) is 4.10. The van der Waals surface area contributed by atoms with Crippen LogP contribution in [0.4, 0.5) is 10.1 Å². The van der Waals surface area contributed by atoms with Crippen molar-refractivity contribution in [2.24, 2.45) is 0 Å². The van der Waals surface area contributed by atoms with Crippen LogP contribution < -0.4 is 10.6 Å². The topological polar surface area (TPSA) is 70.4 Å². The van der Waals surface area contributed by atoms with Crippen molar-refractivity contribution < 1.29 is 13.7 Å². The highest BCUT2D eigenvalue weighted by Gasteiger charge is 2.43. The fourth-order valence-corrected chi connectivity index (χ4v) is 3.62. The van der Waals surface area contributed by atoms with Crippen molar-refractivity contribution in [3.8, 4) is 0 Å². The number of anilines is 1. The highest BCUT2D eigenvalue weighted by molar-refractivity contribution is 5.90. The third kappa shape index (κ3) is 4.30. The van der Waals surface area contributed by atoms with E-state index in [1.165, 1.54) is 12.1 Å². The van der Waals surface area contributed by atoms with Crippen LogP contribution in [0.5, 0.6) is 0 Å². The number of carbonyl (C=O) groups is 1. The Hall–Kier alpha value is -2.41. The number of amides is 1. The number of carbonyl (C=O) groups excluding carboxylic acids is 1. The smallest absolute Gasteiger partial charge is 0.245 e. The molecule has 144 valence electrons. The summed E-state index contributed by atoms with van der Waals surface area (Å²) in [4.78, 5) is 15.3. The highest BCUT2D eigenvalue weighted by atomic mass is 19.1. The fourth-order valence-electron chi connectivity index (χ4n) is 3.62. The van der Waals surface area contributed by atoms with Gasteiger partial charge < -0.3 is 15.2 Å². The number of piperidine rings is 1. The van der Waals surface area contributed by atoms with Crippen LogP contribution in [0.25, 0.3) is 0 Å². The number of nitrogens with zero attached hydrogens (tertiary/aromatic N) is 2. The number of hydrogen-bond acceptors (Lipinski definition) is 5. The SMILES string of the molecule is Cc1cc(CN2CCC(Nc3cccc(F)c3)(C(=O)NC3CC3)CC2)no1. The average Bonchev–Trinajstić information content (AvgIpc) is 3.36. The zero-order chi connectivity index (χ0) is 18.9. The summed E-state index contributed by atoms with van der Waals surface area (Å²) in [5, 5.41) is 10.5. The Morgan fingerprint density at radius 3 is 2.74 bits per heavy atom. The van der Waals surface area contributed by atoms with E-state index in [9.17, 15) is 9.18 Å². The number of likely N-dealkylation sites (tertiary alicyclic amines) is 1. The molecule has 0 spiro atoms. The van der Waals surface area contributed by atoms with Crippen molar-refractivity contribution in [2.45, 2.75) is 50.7 Å². The van der Waals surface area contributed by atoms with Gasteiger partial charge in [-0.1, -0.05) is 11.2 Å². The molecule has 1 aromatic heterocycles. The van der Waals surface area contributed by atoms with E-state index in [0.717, 1.165) is 37.4 Å². The first-order valence-electron chi connectivity index (χ1n) is 9.52. The first-order valence-corrected chi connectivity index (χ1v) is 9.52. The lowest BCUT2D eigenvalue weighted by Gasteiger charge is -2.41. The fraction of sp³-hybridized carbons (Fsp3) is 0.500. The zero-order valence-corrected chi connectivity index (χ0v) is 15.5. The molecule has 1 aliphatic carbocycles.